The van der Waals surface area contributed by atoms with E-state index in [9.17, 15) is 13.6 Å². The van der Waals surface area contributed by atoms with Crippen molar-refractivity contribution >= 4 is 11.9 Å². The first-order valence-corrected chi connectivity index (χ1v) is 6.59. The first kappa shape index (κ1) is 15.4. The minimum Gasteiger partial charge on any atom is -0.444 e. The van der Waals surface area contributed by atoms with Gasteiger partial charge in [-0.3, -0.25) is 0 Å². The maximum absolute atomic E-state index is 12.5. The largest absolute Gasteiger partial charge is 0.444 e. The van der Waals surface area contributed by atoms with E-state index < -0.39 is 12.0 Å². The maximum Gasteiger partial charge on any atom is 0.410 e. The Morgan fingerprint density at radius 1 is 1.43 bits per heavy atom. The van der Waals surface area contributed by atoms with Crippen LogP contribution < -0.4 is 5.32 Å². The molecule has 0 aromatic carbocycles. The summed E-state index contributed by atoms with van der Waals surface area (Å²) in [4.78, 5) is 20.6. The van der Waals surface area contributed by atoms with E-state index in [4.69, 9.17) is 4.74 Å². The van der Waals surface area contributed by atoms with Crippen LogP contribution in [0, 0.1) is 0 Å². The fourth-order valence-electron chi connectivity index (χ4n) is 1.83. The standard InChI is InChI=1S/C13H18F2N4O2/c1-13(2,3)21-12(20)19-5-8(6-19)18-10-4-9(11(14)15)16-7-17-10/h4,7-8,11H,5-6H2,1-3H3,(H,16,17,18). The molecule has 21 heavy (non-hydrogen) atoms. The molecule has 0 bridgehead atoms. The summed E-state index contributed by atoms with van der Waals surface area (Å²) in [6.07, 6.45) is -1.92. The quantitative estimate of drug-likeness (QED) is 0.928. The first-order chi connectivity index (χ1) is 9.74. The molecule has 0 spiro atoms. The molecule has 1 aromatic rings. The third-order valence-corrected chi connectivity index (χ3v) is 2.80. The van der Waals surface area contributed by atoms with Gasteiger partial charge in [0.2, 0.25) is 0 Å². The van der Waals surface area contributed by atoms with Crippen molar-refractivity contribution in [1.82, 2.24) is 14.9 Å². The second kappa shape index (κ2) is 5.79. The number of amides is 1. The minimum absolute atomic E-state index is 0.0297. The summed E-state index contributed by atoms with van der Waals surface area (Å²) in [5, 5.41) is 2.99. The summed E-state index contributed by atoms with van der Waals surface area (Å²) in [5.74, 6) is 0.328. The Bertz CT molecular complexity index is 513. The molecule has 1 fully saturated rings. The lowest BCUT2D eigenvalue weighted by Crippen LogP contribution is -2.58. The van der Waals surface area contributed by atoms with Crippen LogP contribution in [0.25, 0.3) is 0 Å². The molecule has 1 amide bonds. The summed E-state index contributed by atoms with van der Waals surface area (Å²) in [7, 11) is 0. The van der Waals surface area contributed by atoms with Gasteiger partial charge in [0.15, 0.2) is 0 Å². The maximum atomic E-state index is 12.5. The highest BCUT2D eigenvalue weighted by Gasteiger charge is 2.33. The molecule has 1 aromatic heterocycles. The molecule has 2 rings (SSSR count). The number of carbonyl (C=O) groups excluding carboxylic acids is 1. The van der Waals surface area contributed by atoms with Gasteiger partial charge in [0, 0.05) is 19.2 Å². The van der Waals surface area contributed by atoms with Gasteiger partial charge >= 0.3 is 6.09 Å². The average Bonchev–Trinajstić information content (AvgIpc) is 2.31. The van der Waals surface area contributed by atoms with E-state index in [-0.39, 0.29) is 17.8 Å². The van der Waals surface area contributed by atoms with Crippen molar-refractivity contribution in [2.75, 3.05) is 18.4 Å². The topological polar surface area (TPSA) is 67.3 Å². The second-order valence-electron chi connectivity index (χ2n) is 5.86. The third-order valence-electron chi connectivity index (χ3n) is 2.80. The zero-order chi connectivity index (χ0) is 15.6. The lowest BCUT2D eigenvalue weighted by atomic mass is 10.1. The predicted molar refractivity (Wildman–Crippen MR) is 72.2 cm³/mol. The van der Waals surface area contributed by atoms with E-state index in [0.717, 1.165) is 6.33 Å². The minimum atomic E-state index is -2.63. The van der Waals surface area contributed by atoms with Crippen molar-refractivity contribution in [2.24, 2.45) is 0 Å². The molecular formula is C13H18F2N4O2. The molecule has 6 nitrogen and oxygen atoms in total. The number of hydrogen-bond acceptors (Lipinski definition) is 5. The van der Waals surface area contributed by atoms with Gasteiger partial charge in [-0.15, -0.1) is 0 Å². The fraction of sp³-hybridized carbons (Fsp3) is 0.615. The van der Waals surface area contributed by atoms with Crippen molar-refractivity contribution in [1.29, 1.82) is 0 Å². The van der Waals surface area contributed by atoms with Crippen LogP contribution in [0.5, 0.6) is 0 Å². The SMILES string of the molecule is CC(C)(C)OC(=O)N1CC(Nc2cc(C(F)F)ncn2)C1. The van der Waals surface area contributed by atoms with Crippen LogP contribution in [0.15, 0.2) is 12.4 Å². The number of halogens is 2. The summed E-state index contributed by atoms with van der Waals surface area (Å²) in [6.45, 7) is 6.29. The van der Waals surface area contributed by atoms with Gasteiger partial charge in [-0.1, -0.05) is 0 Å². The summed E-state index contributed by atoms with van der Waals surface area (Å²) in [6, 6.07) is 1.18. The average molecular weight is 300 g/mol. The van der Waals surface area contributed by atoms with Gasteiger partial charge in [-0.2, -0.15) is 0 Å². The predicted octanol–water partition coefficient (Wildman–Crippen LogP) is 2.45. The zero-order valence-electron chi connectivity index (χ0n) is 12.1. The highest BCUT2D eigenvalue weighted by atomic mass is 19.3. The van der Waals surface area contributed by atoms with Crippen molar-refractivity contribution < 1.29 is 18.3 Å². The van der Waals surface area contributed by atoms with E-state index in [0.29, 0.717) is 18.9 Å². The smallest absolute Gasteiger partial charge is 0.410 e. The van der Waals surface area contributed by atoms with Crippen LogP contribution in [0.1, 0.15) is 32.9 Å². The van der Waals surface area contributed by atoms with E-state index >= 15 is 0 Å². The Morgan fingerprint density at radius 3 is 2.67 bits per heavy atom. The molecule has 8 heteroatoms. The molecule has 0 unspecified atom stereocenters. The van der Waals surface area contributed by atoms with Crippen LogP contribution >= 0.6 is 0 Å². The molecule has 116 valence electrons. The number of carbonyl (C=O) groups is 1. The number of nitrogens with zero attached hydrogens (tertiary/aromatic N) is 3. The molecule has 1 saturated heterocycles. The Morgan fingerprint density at radius 2 is 2.10 bits per heavy atom. The molecule has 1 N–H and O–H groups in total. The number of aromatic nitrogens is 2. The van der Waals surface area contributed by atoms with Gasteiger partial charge in [0.05, 0.1) is 6.04 Å². The van der Waals surface area contributed by atoms with Gasteiger partial charge in [-0.25, -0.2) is 23.5 Å². The lowest BCUT2D eigenvalue weighted by Gasteiger charge is -2.40. The number of anilines is 1. The summed E-state index contributed by atoms with van der Waals surface area (Å²) >= 11 is 0. The van der Waals surface area contributed by atoms with Crippen LogP contribution in [0.3, 0.4) is 0 Å². The Balaban J connectivity index is 1.83. The Labute approximate surface area is 121 Å². The normalized spacial score (nSPS) is 15.8. The zero-order valence-corrected chi connectivity index (χ0v) is 12.1. The van der Waals surface area contributed by atoms with Gasteiger partial charge in [-0.05, 0) is 20.8 Å². The van der Waals surface area contributed by atoms with Crippen LogP contribution in [0.2, 0.25) is 0 Å². The molecule has 0 saturated carbocycles. The van der Waals surface area contributed by atoms with Crippen molar-refractivity contribution in [3.8, 4) is 0 Å². The van der Waals surface area contributed by atoms with Crippen LogP contribution in [-0.2, 0) is 4.74 Å². The van der Waals surface area contributed by atoms with E-state index in [1.807, 2.05) is 0 Å². The molecule has 0 aliphatic carbocycles. The Hall–Kier alpha value is -1.99. The highest BCUT2D eigenvalue weighted by Crippen LogP contribution is 2.20. The number of alkyl halides is 2. The monoisotopic (exact) mass is 300 g/mol. The third kappa shape index (κ3) is 4.24. The summed E-state index contributed by atoms with van der Waals surface area (Å²) < 4.78 is 30.3. The van der Waals surface area contributed by atoms with Crippen LogP contribution in [0.4, 0.5) is 19.4 Å². The van der Waals surface area contributed by atoms with Gasteiger partial charge < -0.3 is 15.0 Å². The van der Waals surface area contributed by atoms with Crippen molar-refractivity contribution in [3.63, 3.8) is 0 Å². The van der Waals surface area contributed by atoms with Gasteiger partial charge in [0.1, 0.15) is 23.4 Å². The van der Waals surface area contributed by atoms with E-state index in [1.54, 1.807) is 20.8 Å². The molecule has 0 radical (unpaired) electrons. The second-order valence-corrected chi connectivity index (χ2v) is 5.86. The molecule has 2 heterocycles. The number of likely N-dealkylation sites (tertiary alicyclic amines) is 1. The number of ether oxygens (including phenoxy) is 1. The van der Waals surface area contributed by atoms with E-state index in [2.05, 4.69) is 15.3 Å². The number of hydrogen-bond donors (Lipinski definition) is 1. The van der Waals surface area contributed by atoms with Gasteiger partial charge in [0.25, 0.3) is 6.43 Å². The molecule has 1 aliphatic rings. The highest BCUT2D eigenvalue weighted by molar-refractivity contribution is 5.69. The fourth-order valence-corrected chi connectivity index (χ4v) is 1.83. The lowest BCUT2D eigenvalue weighted by molar-refractivity contribution is 0.0104. The number of nitrogens with one attached hydrogen (secondary N) is 1. The summed E-state index contributed by atoms with van der Waals surface area (Å²) in [5.41, 5.74) is -0.857. The number of rotatable bonds is 3. The molecular weight excluding hydrogens is 282 g/mol. The Kier molecular flexibility index (Phi) is 4.24. The van der Waals surface area contributed by atoms with E-state index in [1.165, 1.54) is 11.0 Å². The van der Waals surface area contributed by atoms with Crippen molar-refractivity contribution in [3.05, 3.63) is 18.1 Å². The van der Waals surface area contributed by atoms with Crippen molar-refractivity contribution in [2.45, 2.75) is 38.8 Å². The first-order valence-electron chi connectivity index (χ1n) is 6.59. The molecule has 1 aliphatic heterocycles. The molecule has 0 atom stereocenters. The van der Waals surface area contributed by atoms with Crippen LogP contribution in [-0.4, -0.2) is 45.7 Å².